The van der Waals surface area contributed by atoms with Gasteiger partial charge in [-0.05, 0) is 30.2 Å². The molecule has 6 heteroatoms. The van der Waals surface area contributed by atoms with E-state index in [1.807, 2.05) is 30.3 Å². The lowest BCUT2D eigenvalue weighted by Gasteiger charge is -2.32. The number of hydrogen-bond acceptors (Lipinski definition) is 4. The van der Waals surface area contributed by atoms with Crippen LogP contribution in [0.5, 0.6) is 0 Å². The molecule has 2 aliphatic rings. The molecule has 2 saturated heterocycles. The quantitative estimate of drug-likeness (QED) is 0.925. The zero-order valence-corrected chi connectivity index (χ0v) is 12.9. The molecule has 1 aromatic carbocycles. The first-order chi connectivity index (χ1) is 11.1. The fourth-order valence-corrected chi connectivity index (χ4v) is 3.44. The van der Waals surface area contributed by atoms with Gasteiger partial charge in [-0.1, -0.05) is 30.3 Å². The van der Waals surface area contributed by atoms with Crippen molar-refractivity contribution in [3.05, 3.63) is 35.9 Å². The summed E-state index contributed by atoms with van der Waals surface area (Å²) < 4.78 is 10.7. The molecule has 2 aliphatic heterocycles. The van der Waals surface area contributed by atoms with E-state index < -0.39 is 18.1 Å². The van der Waals surface area contributed by atoms with Gasteiger partial charge < -0.3 is 14.6 Å². The van der Waals surface area contributed by atoms with Crippen LogP contribution in [0, 0.1) is 5.41 Å². The molecule has 23 heavy (non-hydrogen) atoms. The van der Waals surface area contributed by atoms with Crippen molar-refractivity contribution in [1.82, 2.24) is 4.90 Å². The molecule has 0 aromatic heterocycles. The van der Waals surface area contributed by atoms with E-state index in [9.17, 15) is 14.7 Å². The number of carboxylic acid groups (broad SMARTS) is 1. The molecule has 6 nitrogen and oxygen atoms in total. The lowest BCUT2D eigenvalue weighted by Crippen LogP contribution is -2.41. The number of aliphatic carboxylic acids is 1. The number of carboxylic acids is 1. The number of carbonyl (C=O) groups excluding carboxylic acids is 1. The lowest BCUT2D eigenvalue weighted by molar-refractivity contribution is -0.141. The van der Waals surface area contributed by atoms with Gasteiger partial charge >= 0.3 is 12.1 Å². The van der Waals surface area contributed by atoms with E-state index in [4.69, 9.17) is 9.47 Å². The minimum absolute atomic E-state index is 0.146. The third kappa shape index (κ3) is 3.47. The molecule has 2 heterocycles. The second-order valence-electron chi connectivity index (χ2n) is 6.34. The molecule has 1 amide bonds. The Balaban J connectivity index is 1.66. The summed E-state index contributed by atoms with van der Waals surface area (Å²) in [5, 5.41) is 9.45. The zero-order valence-electron chi connectivity index (χ0n) is 12.9. The Morgan fingerprint density at radius 3 is 2.61 bits per heavy atom. The molecule has 0 aliphatic carbocycles. The molecule has 124 valence electrons. The molecule has 2 fully saturated rings. The molecular formula is C17H21NO5. The van der Waals surface area contributed by atoms with Crippen molar-refractivity contribution in [2.24, 2.45) is 5.41 Å². The summed E-state index contributed by atoms with van der Waals surface area (Å²) in [5.74, 6) is -0.968. The SMILES string of the molecule is O=C(O)C1CC2(CCOCC2)CN1C(=O)OCc1ccccc1. The molecule has 1 spiro atoms. The average molecular weight is 319 g/mol. The highest BCUT2D eigenvalue weighted by molar-refractivity contribution is 5.81. The maximum absolute atomic E-state index is 12.4. The predicted octanol–water partition coefficient (Wildman–Crippen LogP) is 2.28. The Morgan fingerprint density at radius 2 is 1.96 bits per heavy atom. The lowest BCUT2D eigenvalue weighted by atomic mass is 9.78. The smallest absolute Gasteiger partial charge is 0.410 e. The predicted molar refractivity (Wildman–Crippen MR) is 81.9 cm³/mol. The maximum atomic E-state index is 12.4. The van der Waals surface area contributed by atoms with Gasteiger partial charge in [0.15, 0.2) is 0 Å². The number of hydrogen-bond donors (Lipinski definition) is 1. The third-order valence-electron chi connectivity index (χ3n) is 4.79. The minimum Gasteiger partial charge on any atom is -0.480 e. The van der Waals surface area contributed by atoms with E-state index in [1.165, 1.54) is 4.90 Å². The molecule has 1 aromatic rings. The highest BCUT2D eigenvalue weighted by Gasteiger charge is 2.49. The Hall–Kier alpha value is -2.08. The number of carbonyl (C=O) groups is 2. The van der Waals surface area contributed by atoms with Gasteiger partial charge in [0.25, 0.3) is 0 Å². The van der Waals surface area contributed by atoms with Crippen LogP contribution in [-0.2, 0) is 20.9 Å². The van der Waals surface area contributed by atoms with Crippen LogP contribution in [0.2, 0.25) is 0 Å². The van der Waals surface area contributed by atoms with Gasteiger partial charge in [-0.15, -0.1) is 0 Å². The average Bonchev–Trinajstić information content (AvgIpc) is 2.94. The molecule has 0 bridgehead atoms. The molecule has 1 atom stereocenters. The van der Waals surface area contributed by atoms with E-state index in [0.717, 1.165) is 18.4 Å². The van der Waals surface area contributed by atoms with Crippen molar-refractivity contribution in [3.8, 4) is 0 Å². The summed E-state index contributed by atoms with van der Waals surface area (Å²) >= 11 is 0. The van der Waals surface area contributed by atoms with E-state index in [2.05, 4.69) is 0 Å². The summed E-state index contributed by atoms with van der Waals surface area (Å²) in [5.41, 5.74) is 0.736. The van der Waals surface area contributed by atoms with Crippen molar-refractivity contribution in [3.63, 3.8) is 0 Å². The number of benzene rings is 1. The van der Waals surface area contributed by atoms with Gasteiger partial charge in [0.2, 0.25) is 0 Å². The summed E-state index contributed by atoms with van der Waals surface area (Å²) in [6.45, 7) is 1.83. The van der Waals surface area contributed by atoms with Crippen molar-refractivity contribution in [2.75, 3.05) is 19.8 Å². The summed E-state index contributed by atoms with van der Waals surface area (Å²) in [6, 6.07) is 8.56. The topological polar surface area (TPSA) is 76.1 Å². The summed E-state index contributed by atoms with van der Waals surface area (Å²) in [4.78, 5) is 25.3. The standard InChI is InChI=1S/C17H21NO5/c19-15(20)14-10-17(6-8-22-9-7-17)12-18(14)16(21)23-11-13-4-2-1-3-5-13/h1-5,14H,6-12H2,(H,19,20). The Bertz CT molecular complexity index is 568. The monoisotopic (exact) mass is 319 g/mol. The first-order valence-corrected chi connectivity index (χ1v) is 7.88. The number of rotatable bonds is 3. The third-order valence-corrected chi connectivity index (χ3v) is 4.79. The van der Waals surface area contributed by atoms with E-state index >= 15 is 0 Å². The van der Waals surface area contributed by atoms with Crippen LogP contribution in [-0.4, -0.2) is 47.9 Å². The largest absolute Gasteiger partial charge is 0.480 e. The van der Waals surface area contributed by atoms with Crippen LogP contribution in [0.15, 0.2) is 30.3 Å². The first-order valence-electron chi connectivity index (χ1n) is 7.88. The molecule has 0 saturated carbocycles. The molecule has 1 unspecified atom stereocenters. The zero-order chi connectivity index (χ0) is 16.3. The Labute approximate surface area is 135 Å². The molecule has 3 rings (SSSR count). The number of ether oxygens (including phenoxy) is 2. The second kappa shape index (κ2) is 6.58. The van der Waals surface area contributed by atoms with Gasteiger partial charge in [0.05, 0.1) is 0 Å². The number of nitrogens with zero attached hydrogens (tertiary/aromatic N) is 1. The van der Waals surface area contributed by atoms with Gasteiger partial charge in [-0.3, -0.25) is 4.90 Å². The highest BCUT2D eigenvalue weighted by atomic mass is 16.6. The van der Waals surface area contributed by atoms with E-state index in [1.54, 1.807) is 0 Å². The summed E-state index contributed by atoms with van der Waals surface area (Å²) in [7, 11) is 0. The molecule has 0 radical (unpaired) electrons. The van der Waals surface area contributed by atoms with Crippen molar-refractivity contribution in [2.45, 2.75) is 31.9 Å². The van der Waals surface area contributed by atoms with E-state index in [0.29, 0.717) is 26.2 Å². The van der Waals surface area contributed by atoms with Crippen LogP contribution < -0.4 is 0 Å². The second-order valence-corrected chi connectivity index (χ2v) is 6.34. The maximum Gasteiger partial charge on any atom is 0.410 e. The normalized spacial score (nSPS) is 23.0. The van der Waals surface area contributed by atoms with Crippen molar-refractivity contribution >= 4 is 12.1 Å². The first kappa shape index (κ1) is 15.8. The number of amides is 1. The van der Waals surface area contributed by atoms with Crippen LogP contribution in [0.1, 0.15) is 24.8 Å². The van der Waals surface area contributed by atoms with Gasteiger partial charge in [-0.25, -0.2) is 9.59 Å². The minimum atomic E-state index is -0.968. The highest BCUT2D eigenvalue weighted by Crippen LogP contribution is 2.43. The Kier molecular flexibility index (Phi) is 4.52. The molecule has 1 N–H and O–H groups in total. The van der Waals surface area contributed by atoms with Crippen LogP contribution in [0.25, 0.3) is 0 Å². The summed E-state index contributed by atoms with van der Waals surface area (Å²) in [6.07, 6.45) is 1.51. The molecular weight excluding hydrogens is 298 g/mol. The van der Waals surface area contributed by atoms with Crippen molar-refractivity contribution < 1.29 is 24.2 Å². The van der Waals surface area contributed by atoms with Crippen molar-refractivity contribution in [1.29, 1.82) is 0 Å². The number of likely N-dealkylation sites (tertiary alicyclic amines) is 1. The van der Waals surface area contributed by atoms with Gasteiger partial charge in [0.1, 0.15) is 12.6 Å². The Morgan fingerprint density at radius 1 is 1.26 bits per heavy atom. The van der Waals surface area contributed by atoms with Crippen LogP contribution in [0.3, 0.4) is 0 Å². The van der Waals surface area contributed by atoms with Crippen LogP contribution in [0.4, 0.5) is 4.79 Å². The van der Waals surface area contributed by atoms with Gasteiger partial charge in [0, 0.05) is 19.8 Å². The fraction of sp³-hybridized carbons (Fsp3) is 0.529. The van der Waals surface area contributed by atoms with E-state index in [-0.39, 0.29) is 12.0 Å². The van der Waals surface area contributed by atoms with Crippen LogP contribution >= 0.6 is 0 Å². The van der Waals surface area contributed by atoms with Gasteiger partial charge in [-0.2, -0.15) is 0 Å². The fourth-order valence-electron chi connectivity index (χ4n) is 3.44.